The van der Waals surface area contributed by atoms with E-state index in [9.17, 15) is 4.79 Å². The minimum absolute atomic E-state index is 0.225. The average Bonchev–Trinajstić information content (AvgIpc) is 2.89. The molecule has 0 saturated carbocycles. The normalized spacial score (nSPS) is 10.2. The van der Waals surface area contributed by atoms with Crippen LogP contribution in [0.1, 0.15) is 16.3 Å². The van der Waals surface area contributed by atoms with Crippen molar-refractivity contribution < 1.29 is 18.7 Å². The molecule has 2 rings (SSSR count). The number of ether oxygens (including phenoxy) is 2. The summed E-state index contributed by atoms with van der Waals surface area (Å²) in [6, 6.07) is 6.65. The molecule has 0 bridgehead atoms. The second-order valence-electron chi connectivity index (χ2n) is 3.74. The van der Waals surface area contributed by atoms with Crippen molar-refractivity contribution >= 4 is 11.6 Å². The Morgan fingerprint density at radius 3 is 2.79 bits per heavy atom. The van der Waals surface area contributed by atoms with E-state index in [2.05, 4.69) is 10.3 Å². The third kappa shape index (κ3) is 3.32. The van der Waals surface area contributed by atoms with Gasteiger partial charge in [0.1, 0.15) is 12.4 Å². The number of rotatable bonds is 5. The molecule has 0 aliphatic rings. The van der Waals surface area contributed by atoms with Gasteiger partial charge in [-0.2, -0.15) is 0 Å². The monoisotopic (exact) mass is 262 g/mol. The Balaban J connectivity index is 2.02. The number of aromatic nitrogens is 1. The van der Waals surface area contributed by atoms with Gasteiger partial charge in [0.25, 0.3) is 5.91 Å². The quantitative estimate of drug-likeness (QED) is 0.893. The lowest BCUT2D eigenvalue weighted by Gasteiger charge is -2.03. The third-order valence-electron chi connectivity index (χ3n) is 2.38. The van der Waals surface area contributed by atoms with Gasteiger partial charge >= 0.3 is 0 Å². The molecule has 0 atom stereocenters. The van der Waals surface area contributed by atoms with E-state index < -0.39 is 0 Å². The van der Waals surface area contributed by atoms with Crippen molar-refractivity contribution in [2.45, 2.75) is 6.61 Å². The Bertz CT molecular complexity index is 548. The lowest BCUT2D eigenvalue weighted by Crippen LogP contribution is -2.11. The van der Waals surface area contributed by atoms with E-state index in [1.54, 1.807) is 31.4 Å². The molecule has 0 fully saturated rings. The van der Waals surface area contributed by atoms with Crippen molar-refractivity contribution in [3.05, 3.63) is 42.0 Å². The Morgan fingerprint density at radius 2 is 2.16 bits per heavy atom. The highest BCUT2D eigenvalue weighted by molar-refractivity contribution is 6.02. The van der Waals surface area contributed by atoms with Crippen LogP contribution in [0.4, 0.5) is 5.69 Å². The molecule has 1 N–H and O–H groups in total. The average molecular weight is 262 g/mol. The molecule has 100 valence electrons. The van der Waals surface area contributed by atoms with E-state index in [1.165, 1.54) is 13.3 Å². The molecule has 2 heterocycles. The maximum Gasteiger partial charge on any atom is 0.291 e. The van der Waals surface area contributed by atoms with E-state index in [4.69, 9.17) is 13.9 Å². The third-order valence-corrected chi connectivity index (χ3v) is 2.38. The Labute approximate surface area is 110 Å². The van der Waals surface area contributed by atoms with E-state index in [-0.39, 0.29) is 11.7 Å². The Kier molecular flexibility index (Phi) is 4.15. The number of pyridine rings is 1. The summed E-state index contributed by atoms with van der Waals surface area (Å²) in [7, 11) is 3.09. The maximum absolute atomic E-state index is 11.9. The summed E-state index contributed by atoms with van der Waals surface area (Å²) in [5, 5.41) is 2.67. The number of hydrogen-bond donors (Lipinski definition) is 1. The van der Waals surface area contributed by atoms with Gasteiger partial charge in [-0.15, -0.1) is 0 Å². The van der Waals surface area contributed by atoms with Crippen LogP contribution < -0.4 is 10.1 Å². The highest BCUT2D eigenvalue weighted by Gasteiger charge is 2.11. The predicted octanol–water partition coefficient (Wildman–Crippen LogP) is 2.08. The zero-order chi connectivity index (χ0) is 13.7. The molecule has 1 amide bonds. The summed E-state index contributed by atoms with van der Waals surface area (Å²) in [5.74, 6) is 0.969. The van der Waals surface area contributed by atoms with Gasteiger partial charge in [0.15, 0.2) is 5.76 Å². The number of hydrogen-bond acceptors (Lipinski definition) is 5. The van der Waals surface area contributed by atoms with E-state index in [1.807, 2.05) is 0 Å². The summed E-state index contributed by atoms with van der Waals surface area (Å²) in [6.45, 7) is 0.331. The first kappa shape index (κ1) is 13.1. The lowest BCUT2D eigenvalue weighted by atomic mass is 10.3. The Morgan fingerprint density at radius 1 is 1.32 bits per heavy atom. The van der Waals surface area contributed by atoms with Crippen molar-refractivity contribution in [3.63, 3.8) is 0 Å². The molecule has 6 nitrogen and oxygen atoms in total. The van der Waals surface area contributed by atoms with Crippen molar-refractivity contribution in [1.29, 1.82) is 0 Å². The molecule has 0 aliphatic heterocycles. The number of carbonyl (C=O) groups is 1. The second-order valence-corrected chi connectivity index (χ2v) is 3.74. The molecule has 0 aliphatic carbocycles. The first-order valence-corrected chi connectivity index (χ1v) is 5.62. The van der Waals surface area contributed by atoms with E-state index in [0.29, 0.717) is 23.9 Å². The molecule has 0 spiro atoms. The summed E-state index contributed by atoms with van der Waals surface area (Å²) in [4.78, 5) is 15.9. The van der Waals surface area contributed by atoms with Crippen molar-refractivity contribution in [1.82, 2.24) is 4.98 Å². The number of furan rings is 1. The number of anilines is 1. The van der Waals surface area contributed by atoms with E-state index in [0.717, 1.165) is 0 Å². The molecule has 2 aromatic rings. The second kappa shape index (κ2) is 6.01. The van der Waals surface area contributed by atoms with Gasteiger partial charge in [-0.25, -0.2) is 4.98 Å². The van der Waals surface area contributed by atoms with Crippen LogP contribution in [0.15, 0.2) is 34.9 Å². The van der Waals surface area contributed by atoms with Gasteiger partial charge < -0.3 is 19.2 Å². The van der Waals surface area contributed by atoms with Crippen molar-refractivity contribution in [3.8, 4) is 5.88 Å². The zero-order valence-electron chi connectivity index (χ0n) is 10.7. The number of nitrogens with zero attached hydrogens (tertiary/aromatic N) is 1. The van der Waals surface area contributed by atoms with Gasteiger partial charge in [-0.1, -0.05) is 0 Å². The number of amides is 1. The molecule has 6 heteroatoms. The summed E-state index contributed by atoms with van der Waals surface area (Å²) in [5.41, 5.74) is 0.565. The van der Waals surface area contributed by atoms with E-state index >= 15 is 0 Å². The van der Waals surface area contributed by atoms with Crippen LogP contribution in [0.5, 0.6) is 5.88 Å². The standard InChI is InChI=1S/C13H14N2O4/c1-17-8-10-4-5-11(19-10)13(16)15-9-3-6-12(18-2)14-7-9/h3-7H,8H2,1-2H3,(H,15,16). The molecule has 0 unspecified atom stereocenters. The first-order valence-electron chi connectivity index (χ1n) is 5.62. The number of carbonyl (C=O) groups excluding carboxylic acids is 1. The first-order chi connectivity index (χ1) is 9.22. The summed E-state index contributed by atoms with van der Waals surface area (Å²) < 4.78 is 15.2. The van der Waals surface area contributed by atoms with Crippen LogP contribution in [0.3, 0.4) is 0 Å². The van der Waals surface area contributed by atoms with Crippen LogP contribution in [0.2, 0.25) is 0 Å². The number of nitrogens with one attached hydrogen (secondary N) is 1. The Hall–Kier alpha value is -2.34. The summed E-state index contributed by atoms with van der Waals surface area (Å²) in [6.07, 6.45) is 1.51. The minimum atomic E-state index is -0.339. The molecule has 19 heavy (non-hydrogen) atoms. The number of methoxy groups -OCH3 is 2. The highest BCUT2D eigenvalue weighted by Crippen LogP contribution is 2.14. The van der Waals surface area contributed by atoms with Crippen molar-refractivity contribution in [2.24, 2.45) is 0 Å². The molecule has 2 aromatic heterocycles. The van der Waals surface area contributed by atoms with Crippen LogP contribution >= 0.6 is 0 Å². The lowest BCUT2D eigenvalue weighted by molar-refractivity contribution is 0.0987. The van der Waals surface area contributed by atoms with Gasteiger partial charge in [-0.05, 0) is 18.2 Å². The van der Waals surface area contributed by atoms with Crippen molar-refractivity contribution in [2.75, 3.05) is 19.5 Å². The molecular formula is C13H14N2O4. The summed E-state index contributed by atoms with van der Waals surface area (Å²) >= 11 is 0. The maximum atomic E-state index is 11.9. The van der Waals surface area contributed by atoms with Crippen LogP contribution in [0, 0.1) is 0 Å². The topological polar surface area (TPSA) is 73.6 Å². The SMILES string of the molecule is COCc1ccc(C(=O)Nc2ccc(OC)nc2)o1. The molecule has 0 saturated heterocycles. The van der Waals surface area contributed by atoms with Crippen LogP contribution in [0.25, 0.3) is 0 Å². The smallest absolute Gasteiger partial charge is 0.291 e. The van der Waals surface area contributed by atoms with Gasteiger partial charge in [0.05, 0.1) is 19.0 Å². The predicted molar refractivity (Wildman–Crippen MR) is 68.2 cm³/mol. The zero-order valence-corrected chi connectivity index (χ0v) is 10.7. The van der Waals surface area contributed by atoms with Gasteiger partial charge in [-0.3, -0.25) is 4.79 Å². The fraction of sp³-hybridized carbons (Fsp3) is 0.231. The van der Waals surface area contributed by atoms with Gasteiger partial charge in [0.2, 0.25) is 5.88 Å². The van der Waals surface area contributed by atoms with Gasteiger partial charge in [0, 0.05) is 13.2 Å². The minimum Gasteiger partial charge on any atom is -0.481 e. The van der Waals surface area contributed by atoms with Crippen LogP contribution in [-0.2, 0) is 11.3 Å². The largest absolute Gasteiger partial charge is 0.481 e. The fourth-order valence-electron chi connectivity index (χ4n) is 1.49. The highest BCUT2D eigenvalue weighted by atomic mass is 16.5. The molecule has 0 radical (unpaired) electrons. The molecular weight excluding hydrogens is 248 g/mol. The fourth-order valence-corrected chi connectivity index (χ4v) is 1.49. The molecule has 0 aromatic carbocycles. The van der Waals surface area contributed by atoms with Crippen LogP contribution in [-0.4, -0.2) is 25.1 Å².